The van der Waals surface area contributed by atoms with Gasteiger partial charge in [0.2, 0.25) is 0 Å². The van der Waals surface area contributed by atoms with Crippen molar-refractivity contribution in [2.75, 3.05) is 27.8 Å². The number of hydrogen-bond donors (Lipinski definition) is 0. The maximum atomic E-state index is 5.54. The van der Waals surface area contributed by atoms with Gasteiger partial charge in [-0.3, -0.25) is 4.90 Å². The highest BCUT2D eigenvalue weighted by atomic mass is 16.5. The maximum Gasteiger partial charge on any atom is 0.161 e. The molecule has 0 fully saturated rings. The molecule has 0 aliphatic carbocycles. The summed E-state index contributed by atoms with van der Waals surface area (Å²) < 4.78 is 11.0. The fourth-order valence-electron chi connectivity index (χ4n) is 3.94. The first-order valence-corrected chi connectivity index (χ1v) is 8.63. The van der Waals surface area contributed by atoms with Crippen molar-refractivity contribution >= 4 is 0 Å². The van der Waals surface area contributed by atoms with Gasteiger partial charge in [0.1, 0.15) is 0 Å². The SMILES string of the molecule is COc1cc2c(cc1OC)[C@@H]([C@@H](C)Cc1ccccc1)N(C)CC2. The van der Waals surface area contributed by atoms with E-state index < -0.39 is 0 Å². The molecule has 2 aromatic carbocycles. The number of likely N-dealkylation sites (N-methyl/N-ethyl adjacent to an activating group) is 1. The lowest BCUT2D eigenvalue weighted by Crippen LogP contribution is -2.36. The second-order valence-corrected chi connectivity index (χ2v) is 6.75. The minimum atomic E-state index is 0.397. The van der Waals surface area contributed by atoms with Crippen molar-refractivity contribution in [2.24, 2.45) is 5.92 Å². The Hall–Kier alpha value is -2.00. The number of hydrogen-bond acceptors (Lipinski definition) is 3. The summed E-state index contributed by atoms with van der Waals surface area (Å²) in [5, 5.41) is 0. The van der Waals surface area contributed by atoms with Gasteiger partial charge in [-0.25, -0.2) is 0 Å². The van der Waals surface area contributed by atoms with Gasteiger partial charge in [-0.1, -0.05) is 37.3 Å². The molecule has 3 rings (SSSR count). The summed E-state index contributed by atoms with van der Waals surface area (Å²) in [6, 6.07) is 15.5. The highest BCUT2D eigenvalue weighted by Gasteiger charge is 2.30. The molecule has 0 radical (unpaired) electrons. The minimum Gasteiger partial charge on any atom is -0.493 e. The Balaban J connectivity index is 1.94. The van der Waals surface area contributed by atoms with Crippen LogP contribution in [0.2, 0.25) is 0 Å². The molecule has 0 amide bonds. The lowest BCUT2D eigenvalue weighted by molar-refractivity contribution is 0.171. The van der Waals surface area contributed by atoms with Crippen molar-refractivity contribution in [3.05, 3.63) is 59.2 Å². The Morgan fingerprint density at radius 3 is 2.42 bits per heavy atom. The van der Waals surface area contributed by atoms with Crippen LogP contribution in [0, 0.1) is 5.92 Å². The number of fused-ring (bicyclic) bond motifs is 1. The predicted octanol–water partition coefficient (Wildman–Crippen LogP) is 4.11. The molecule has 0 unspecified atom stereocenters. The van der Waals surface area contributed by atoms with Crippen molar-refractivity contribution in [1.82, 2.24) is 4.90 Å². The smallest absolute Gasteiger partial charge is 0.161 e. The molecule has 3 heteroatoms. The molecule has 0 saturated heterocycles. The van der Waals surface area contributed by atoms with Gasteiger partial charge in [-0.05, 0) is 54.6 Å². The summed E-state index contributed by atoms with van der Waals surface area (Å²) in [4.78, 5) is 2.47. The van der Waals surface area contributed by atoms with Gasteiger partial charge in [-0.15, -0.1) is 0 Å². The molecule has 2 aromatic rings. The van der Waals surface area contributed by atoms with E-state index in [1.165, 1.54) is 16.7 Å². The van der Waals surface area contributed by atoms with Gasteiger partial charge in [0.25, 0.3) is 0 Å². The van der Waals surface area contributed by atoms with Gasteiger partial charge >= 0.3 is 0 Å². The van der Waals surface area contributed by atoms with Crippen molar-refractivity contribution in [1.29, 1.82) is 0 Å². The second kappa shape index (κ2) is 7.27. The third kappa shape index (κ3) is 3.27. The van der Waals surface area contributed by atoms with Crippen LogP contribution in [-0.2, 0) is 12.8 Å². The van der Waals surface area contributed by atoms with Crippen LogP contribution in [0.15, 0.2) is 42.5 Å². The molecule has 1 heterocycles. The van der Waals surface area contributed by atoms with Gasteiger partial charge in [-0.2, -0.15) is 0 Å². The summed E-state index contributed by atoms with van der Waals surface area (Å²) in [6.45, 7) is 3.42. The van der Waals surface area contributed by atoms with Crippen LogP contribution in [0.3, 0.4) is 0 Å². The highest BCUT2D eigenvalue weighted by Crippen LogP contribution is 2.41. The average Bonchev–Trinajstić information content (AvgIpc) is 2.61. The average molecular weight is 325 g/mol. The molecule has 0 saturated carbocycles. The standard InChI is InChI=1S/C21H27NO2/c1-15(12-16-8-6-5-7-9-16)21-18-14-20(24-4)19(23-3)13-17(18)10-11-22(21)2/h5-9,13-15,21H,10-12H2,1-4H3/t15-,21+/m0/s1. The lowest BCUT2D eigenvalue weighted by Gasteiger charge is -2.39. The third-order valence-electron chi connectivity index (χ3n) is 5.11. The summed E-state index contributed by atoms with van der Waals surface area (Å²) in [6.07, 6.45) is 2.13. The maximum absolute atomic E-state index is 5.54. The van der Waals surface area contributed by atoms with Crippen molar-refractivity contribution in [2.45, 2.75) is 25.8 Å². The number of nitrogens with zero attached hydrogens (tertiary/aromatic N) is 1. The Morgan fingerprint density at radius 2 is 1.75 bits per heavy atom. The van der Waals surface area contributed by atoms with Gasteiger partial charge in [0.05, 0.1) is 14.2 Å². The third-order valence-corrected chi connectivity index (χ3v) is 5.11. The molecule has 1 aliphatic heterocycles. The summed E-state index contributed by atoms with van der Waals surface area (Å²) in [5.41, 5.74) is 4.16. The van der Waals surface area contributed by atoms with Crippen LogP contribution in [0.4, 0.5) is 0 Å². The molecule has 3 nitrogen and oxygen atoms in total. The molecule has 2 atom stereocenters. The Bertz CT molecular complexity index is 684. The van der Waals surface area contributed by atoms with Gasteiger partial charge in [0.15, 0.2) is 11.5 Å². The Labute approximate surface area is 145 Å². The first-order chi connectivity index (χ1) is 11.6. The first kappa shape index (κ1) is 16.8. The van der Waals surface area contributed by atoms with Crippen LogP contribution < -0.4 is 9.47 Å². The van der Waals surface area contributed by atoms with Crippen LogP contribution in [-0.4, -0.2) is 32.7 Å². The van der Waals surface area contributed by atoms with E-state index in [4.69, 9.17) is 9.47 Å². The van der Waals surface area contributed by atoms with E-state index in [0.717, 1.165) is 30.9 Å². The Morgan fingerprint density at radius 1 is 1.08 bits per heavy atom. The molecule has 0 N–H and O–H groups in total. The Kier molecular flexibility index (Phi) is 5.10. The fraction of sp³-hybridized carbons (Fsp3) is 0.429. The van der Waals surface area contributed by atoms with Crippen LogP contribution in [0.5, 0.6) is 11.5 Å². The van der Waals surface area contributed by atoms with E-state index in [1.54, 1.807) is 14.2 Å². The second-order valence-electron chi connectivity index (χ2n) is 6.75. The van der Waals surface area contributed by atoms with Crippen LogP contribution >= 0.6 is 0 Å². The van der Waals surface area contributed by atoms with E-state index in [-0.39, 0.29) is 0 Å². The topological polar surface area (TPSA) is 21.7 Å². The van der Waals surface area contributed by atoms with Crippen LogP contribution in [0.25, 0.3) is 0 Å². The molecular formula is C21H27NO2. The monoisotopic (exact) mass is 325 g/mol. The molecule has 0 spiro atoms. The van der Waals surface area contributed by atoms with E-state index in [0.29, 0.717) is 12.0 Å². The summed E-state index contributed by atoms with van der Waals surface area (Å²) in [7, 11) is 5.64. The molecular weight excluding hydrogens is 298 g/mol. The van der Waals surface area contributed by atoms with E-state index >= 15 is 0 Å². The summed E-state index contributed by atoms with van der Waals surface area (Å²) in [5.74, 6) is 2.17. The molecule has 128 valence electrons. The van der Waals surface area contributed by atoms with E-state index in [1.807, 2.05) is 0 Å². The quantitative estimate of drug-likeness (QED) is 0.826. The fourth-order valence-corrected chi connectivity index (χ4v) is 3.94. The highest BCUT2D eigenvalue weighted by molar-refractivity contribution is 5.49. The van der Waals surface area contributed by atoms with Gasteiger partial charge in [0, 0.05) is 12.6 Å². The number of methoxy groups -OCH3 is 2. The predicted molar refractivity (Wildman–Crippen MR) is 97.9 cm³/mol. The molecule has 24 heavy (non-hydrogen) atoms. The zero-order valence-electron chi connectivity index (χ0n) is 15.1. The molecule has 1 aliphatic rings. The lowest BCUT2D eigenvalue weighted by atomic mass is 9.82. The van der Waals surface area contributed by atoms with Crippen molar-refractivity contribution in [3.8, 4) is 11.5 Å². The minimum absolute atomic E-state index is 0.397. The summed E-state index contributed by atoms with van der Waals surface area (Å²) >= 11 is 0. The molecule has 0 aromatic heterocycles. The zero-order valence-corrected chi connectivity index (χ0v) is 15.1. The van der Waals surface area contributed by atoms with Crippen molar-refractivity contribution < 1.29 is 9.47 Å². The van der Waals surface area contributed by atoms with Crippen molar-refractivity contribution in [3.63, 3.8) is 0 Å². The van der Waals surface area contributed by atoms with Crippen LogP contribution in [0.1, 0.15) is 29.7 Å². The van der Waals surface area contributed by atoms with E-state index in [2.05, 4.69) is 61.3 Å². The zero-order chi connectivity index (χ0) is 17.1. The first-order valence-electron chi connectivity index (χ1n) is 8.63. The number of rotatable bonds is 5. The van der Waals surface area contributed by atoms with E-state index in [9.17, 15) is 0 Å². The normalized spacial score (nSPS) is 18.8. The molecule has 0 bridgehead atoms. The van der Waals surface area contributed by atoms with Gasteiger partial charge < -0.3 is 9.47 Å². The number of benzene rings is 2. The number of ether oxygens (including phenoxy) is 2. The largest absolute Gasteiger partial charge is 0.493 e.